The highest BCUT2D eigenvalue weighted by molar-refractivity contribution is 5.82. The standard InChI is InChI=1S/C13H18N2O2/c1-10-4-5-11(8-12(10)17-3)15-7-6-14(2)13(16)9-15/h4-5,8H,6-7,9H2,1-3H3. The van der Waals surface area contributed by atoms with E-state index in [-0.39, 0.29) is 5.91 Å². The van der Waals surface area contributed by atoms with E-state index < -0.39 is 0 Å². The molecular formula is C13H18N2O2. The predicted octanol–water partition coefficient (Wildman–Crippen LogP) is 1.28. The highest BCUT2D eigenvalue weighted by Crippen LogP contribution is 2.25. The Morgan fingerprint density at radius 3 is 2.71 bits per heavy atom. The molecule has 0 atom stereocenters. The van der Waals surface area contributed by atoms with E-state index in [4.69, 9.17) is 4.74 Å². The summed E-state index contributed by atoms with van der Waals surface area (Å²) in [7, 11) is 3.51. The fourth-order valence-corrected chi connectivity index (χ4v) is 1.98. The van der Waals surface area contributed by atoms with Gasteiger partial charge < -0.3 is 14.5 Å². The van der Waals surface area contributed by atoms with Crippen molar-refractivity contribution in [2.24, 2.45) is 0 Å². The quantitative estimate of drug-likeness (QED) is 0.773. The highest BCUT2D eigenvalue weighted by Gasteiger charge is 2.21. The number of hydrogen-bond acceptors (Lipinski definition) is 3. The molecule has 92 valence electrons. The number of carbonyl (C=O) groups is 1. The average Bonchev–Trinajstić information content (AvgIpc) is 2.33. The zero-order valence-electron chi connectivity index (χ0n) is 10.6. The second kappa shape index (κ2) is 4.65. The van der Waals surface area contributed by atoms with Crippen LogP contribution >= 0.6 is 0 Å². The number of hydrogen-bond donors (Lipinski definition) is 0. The van der Waals surface area contributed by atoms with Crippen LogP contribution in [0.15, 0.2) is 18.2 Å². The van der Waals surface area contributed by atoms with Crippen molar-refractivity contribution in [1.82, 2.24) is 4.90 Å². The molecule has 0 spiro atoms. The first-order valence-electron chi connectivity index (χ1n) is 5.75. The van der Waals surface area contributed by atoms with Crippen LogP contribution in [0.25, 0.3) is 0 Å². The highest BCUT2D eigenvalue weighted by atomic mass is 16.5. The molecule has 1 saturated heterocycles. The first-order valence-corrected chi connectivity index (χ1v) is 5.75. The lowest BCUT2D eigenvalue weighted by Gasteiger charge is -2.33. The van der Waals surface area contributed by atoms with Gasteiger partial charge >= 0.3 is 0 Å². The lowest BCUT2D eigenvalue weighted by atomic mass is 10.1. The van der Waals surface area contributed by atoms with Gasteiger partial charge in [-0.2, -0.15) is 0 Å². The Morgan fingerprint density at radius 2 is 2.06 bits per heavy atom. The molecule has 17 heavy (non-hydrogen) atoms. The second-order valence-electron chi connectivity index (χ2n) is 4.39. The van der Waals surface area contributed by atoms with Crippen molar-refractivity contribution >= 4 is 11.6 Å². The van der Waals surface area contributed by atoms with Crippen LogP contribution in [0.4, 0.5) is 5.69 Å². The summed E-state index contributed by atoms with van der Waals surface area (Å²) >= 11 is 0. The molecule has 0 unspecified atom stereocenters. The average molecular weight is 234 g/mol. The third-order valence-electron chi connectivity index (χ3n) is 3.21. The number of ether oxygens (including phenoxy) is 1. The molecule has 0 saturated carbocycles. The van der Waals surface area contributed by atoms with Crippen LogP contribution in [0.2, 0.25) is 0 Å². The van der Waals surface area contributed by atoms with Crippen molar-refractivity contribution in [1.29, 1.82) is 0 Å². The van der Waals surface area contributed by atoms with Crippen LogP contribution in [0.3, 0.4) is 0 Å². The molecule has 1 aromatic rings. The van der Waals surface area contributed by atoms with Gasteiger partial charge in [-0.05, 0) is 18.6 Å². The second-order valence-corrected chi connectivity index (χ2v) is 4.39. The summed E-state index contributed by atoms with van der Waals surface area (Å²) in [6, 6.07) is 6.06. The molecular weight excluding hydrogens is 216 g/mol. The molecule has 1 fully saturated rings. The molecule has 0 aromatic heterocycles. The van der Waals surface area contributed by atoms with Crippen LogP contribution in [0.5, 0.6) is 5.75 Å². The summed E-state index contributed by atoms with van der Waals surface area (Å²) in [6.07, 6.45) is 0. The summed E-state index contributed by atoms with van der Waals surface area (Å²) < 4.78 is 5.30. The van der Waals surface area contributed by atoms with Gasteiger partial charge in [-0.25, -0.2) is 0 Å². The van der Waals surface area contributed by atoms with Gasteiger partial charge in [0.15, 0.2) is 0 Å². The molecule has 1 aromatic carbocycles. The van der Waals surface area contributed by atoms with E-state index in [0.717, 1.165) is 30.1 Å². The Hall–Kier alpha value is -1.71. The number of piperazine rings is 1. The number of carbonyl (C=O) groups excluding carboxylic acids is 1. The first-order chi connectivity index (χ1) is 8.11. The number of amides is 1. The zero-order valence-corrected chi connectivity index (χ0v) is 10.6. The molecule has 0 bridgehead atoms. The van der Waals surface area contributed by atoms with Gasteiger partial charge in [0.05, 0.1) is 13.7 Å². The molecule has 0 N–H and O–H groups in total. The molecule has 4 nitrogen and oxygen atoms in total. The molecule has 4 heteroatoms. The molecule has 0 aliphatic carbocycles. The minimum atomic E-state index is 0.163. The number of likely N-dealkylation sites (N-methyl/N-ethyl adjacent to an activating group) is 1. The molecule has 1 aliphatic rings. The number of methoxy groups -OCH3 is 1. The number of rotatable bonds is 2. The van der Waals surface area contributed by atoms with Gasteiger partial charge in [0.25, 0.3) is 0 Å². The monoisotopic (exact) mass is 234 g/mol. The lowest BCUT2D eigenvalue weighted by molar-refractivity contribution is -0.129. The van der Waals surface area contributed by atoms with Crippen LogP contribution in [0.1, 0.15) is 5.56 Å². The topological polar surface area (TPSA) is 32.8 Å². The van der Waals surface area contributed by atoms with Gasteiger partial charge in [0, 0.05) is 31.9 Å². The Kier molecular flexibility index (Phi) is 3.22. The van der Waals surface area contributed by atoms with Crippen molar-refractivity contribution < 1.29 is 9.53 Å². The number of anilines is 1. The van der Waals surface area contributed by atoms with E-state index in [1.807, 2.05) is 32.2 Å². The summed E-state index contributed by atoms with van der Waals surface area (Å²) in [4.78, 5) is 15.5. The normalized spacial score (nSPS) is 16.3. The van der Waals surface area contributed by atoms with Gasteiger partial charge in [0.1, 0.15) is 5.75 Å². The summed E-state index contributed by atoms with van der Waals surface area (Å²) in [5.74, 6) is 1.03. The largest absolute Gasteiger partial charge is 0.496 e. The van der Waals surface area contributed by atoms with E-state index in [1.165, 1.54) is 0 Å². The molecule has 1 heterocycles. The Morgan fingerprint density at radius 1 is 1.29 bits per heavy atom. The maximum absolute atomic E-state index is 11.7. The number of benzene rings is 1. The van der Waals surface area contributed by atoms with Crippen LogP contribution in [0, 0.1) is 6.92 Å². The number of nitrogens with zero attached hydrogens (tertiary/aromatic N) is 2. The Labute approximate surface area is 102 Å². The van der Waals surface area contributed by atoms with Gasteiger partial charge in [0.2, 0.25) is 5.91 Å². The Bertz CT molecular complexity index is 431. The minimum absolute atomic E-state index is 0.163. The van der Waals surface area contributed by atoms with Crippen molar-refractivity contribution in [3.63, 3.8) is 0 Å². The first kappa shape index (κ1) is 11.8. The zero-order chi connectivity index (χ0) is 12.4. The molecule has 1 aliphatic heterocycles. The van der Waals surface area contributed by atoms with Gasteiger partial charge in [-0.3, -0.25) is 4.79 Å². The summed E-state index contributed by atoms with van der Waals surface area (Å²) in [5.41, 5.74) is 2.16. The Balaban J connectivity index is 2.20. The van der Waals surface area contributed by atoms with E-state index in [0.29, 0.717) is 6.54 Å². The molecule has 0 radical (unpaired) electrons. The third kappa shape index (κ3) is 2.35. The summed E-state index contributed by atoms with van der Waals surface area (Å²) in [6.45, 7) is 4.10. The van der Waals surface area contributed by atoms with Gasteiger partial charge in [-0.1, -0.05) is 6.07 Å². The van der Waals surface area contributed by atoms with Crippen LogP contribution in [-0.2, 0) is 4.79 Å². The van der Waals surface area contributed by atoms with E-state index in [2.05, 4.69) is 4.90 Å². The minimum Gasteiger partial charge on any atom is -0.496 e. The molecule has 1 amide bonds. The maximum atomic E-state index is 11.7. The lowest BCUT2D eigenvalue weighted by Crippen LogP contribution is -2.48. The fraction of sp³-hybridized carbons (Fsp3) is 0.462. The van der Waals surface area contributed by atoms with E-state index in [1.54, 1.807) is 12.0 Å². The fourth-order valence-electron chi connectivity index (χ4n) is 1.98. The van der Waals surface area contributed by atoms with Crippen molar-refractivity contribution in [3.05, 3.63) is 23.8 Å². The number of aryl methyl sites for hydroxylation is 1. The maximum Gasteiger partial charge on any atom is 0.241 e. The van der Waals surface area contributed by atoms with Crippen molar-refractivity contribution in [2.45, 2.75) is 6.92 Å². The van der Waals surface area contributed by atoms with E-state index >= 15 is 0 Å². The smallest absolute Gasteiger partial charge is 0.241 e. The van der Waals surface area contributed by atoms with Gasteiger partial charge in [-0.15, -0.1) is 0 Å². The van der Waals surface area contributed by atoms with Crippen molar-refractivity contribution in [2.75, 3.05) is 38.7 Å². The SMILES string of the molecule is COc1cc(N2CCN(C)C(=O)C2)ccc1C. The molecule has 2 rings (SSSR count). The van der Waals surface area contributed by atoms with Crippen LogP contribution < -0.4 is 9.64 Å². The van der Waals surface area contributed by atoms with Crippen LogP contribution in [-0.4, -0.2) is 44.6 Å². The summed E-state index contributed by atoms with van der Waals surface area (Å²) in [5, 5.41) is 0. The third-order valence-corrected chi connectivity index (χ3v) is 3.21. The predicted molar refractivity (Wildman–Crippen MR) is 67.6 cm³/mol. The van der Waals surface area contributed by atoms with Crippen molar-refractivity contribution in [3.8, 4) is 5.75 Å². The van der Waals surface area contributed by atoms with E-state index in [9.17, 15) is 4.79 Å².